The molecule has 0 aliphatic carbocycles. The summed E-state index contributed by atoms with van der Waals surface area (Å²) in [6.07, 6.45) is 2.10. The summed E-state index contributed by atoms with van der Waals surface area (Å²) in [5, 5.41) is 13.4. The van der Waals surface area contributed by atoms with E-state index < -0.39 is 4.92 Å². The molecule has 2 fully saturated rings. The van der Waals surface area contributed by atoms with Crippen molar-refractivity contribution in [2.24, 2.45) is 5.92 Å². The molecular formula is C9H15N3O3. The average Bonchev–Trinajstić information content (AvgIpc) is 2.78. The summed E-state index contributed by atoms with van der Waals surface area (Å²) in [5.41, 5.74) is 0. The predicted molar refractivity (Wildman–Crippen MR) is 53.6 cm³/mol. The fourth-order valence-corrected chi connectivity index (χ4v) is 2.01. The van der Waals surface area contributed by atoms with Gasteiger partial charge in [-0.1, -0.05) is 0 Å². The second-order valence-corrected chi connectivity index (χ2v) is 3.90. The molecule has 6 nitrogen and oxygen atoms in total. The van der Waals surface area contributed by atoms with Crippen molar-refractivity contribution >= 4 is 0 Å². The van der Waals surface area contributed by atoms with Crippen LogP contribution in [0.4, 0.5) is 0 Å². The maximum Gasteiger partial charge on any atom is 0.274 e. The van der Waals surface area contributed by atoms with E-state index >= 15 is 0 Å². The first-order valence-corrected chi connectivity index (χ1v) is 5.17. The first-order chi connectivity index (χ1) is 7.25. The summed E-state index contributed by atoms with van der Waals surface area (Å²) in [6.45, 7) is 4.08. The van der Waals surface area contributed by atoms with E-state index in [1.807, 2.05) is 4.90 Å². The number of nitrogens with zero attached hydrogens (tertiary/aromatic N) is 2. The number of nitrogens with one attached hydrogen (secondary N) is 1. The van der Waals surface area contributed by atoms with Crippen molar-refractivity contribution in [3.05, 3.63) is 22.1 Å². The number of rotatable bonds is 3. The standard InChI is InChI=1S/C9H15N3O3/c13-12(14)6-9-10-2-3-11(9)5-8-1-4-15-7-8/h6,8,10H,1-5,7H2/b9-6+. The number of hydrogen-bond acceptors (Lipinski definition) is 5. The topological polar surface area (TPSA) is 67.6 Å². The molecule has 2 rings (SSSR count). The van der Waals surface area contributed by atoms with Crippen molar-refractivity contribution in [2.75, 3.05) is 32.8 Å². The maximum atomic E-state index is 10.4. The Labute approximate surface area is 88.0 Å². The van der Waals surface area contributed by atoms with Gasteiger partial charge in [0.2, 0.25) is 0 Å². The van der Waals surface area contributed by atoms with Crippen molar-refractivity contribution < 1.29 is 9.66 Å². The molecule has 6 heteroatoms. The number of nitro groups is 1. The Kier molecular flexibility index (Phi) is 3.05. The van der Waals surface area contributed by atoms with Gasteiger partial charge in [-0.25, -0.2) is 0 Å². The van der Waals surface area contributed by atoms with Gasteiger partial charge in [0.05, 0.1) is 11.5 Å². The zero-order valence-electron chi connectivity index (χ0n) is 8.52. The van der Waals surface area contributed by atoms with Crippen LogP contribution in [0, 0.1) is 16.0 Å². The minimum atomic E-state index is -0.411. The lowest BCUT2D eigenvalue weighted by atomic mass is 10.1. The van der Waals surface area contributed by atoms with E-state index in [4.69, 9.17) is 4.74 Å². The summed E-state index contributed by atoms with van der Waals surface area (Å²) in [5.74, 6) is 1.15. The average molecular weight is 213 g/mol. The Morgan fingerprint density at radius 2 is 2.60 bits per heavy atom. The minimum Gasteiger partial charge on any atom is -0.381 e. The second-order valence-electron chi connectivity index (χ2n) is 3.90. The summed E-state index contributed by atoms with van der Waals surface area (Å²) < 4.78 is 5.28. The molecule has 1 atom stereocenters. The highest BCUT2D eigenvalue weighted by molar-refractivity contribution is 5.00. The van der Waals surface area contributed by atoms with Crippen LogP contribution in [0.1, 0.15) is 6.42 Å². The Balaban J connectivity index is 1.92. The first-order valence-electron chi connectivity index (χ1n) is 5.17. The number of hydrogen-bond donors (Lipinski definition) is 1. The van der Waals surface area contributed by atoms with E-state index in [1.54, 1.807) is 0 Å². The van der Waals surface area contributed by atoms with Gasteiger partial charge in [-0.05, 0) is 6.42 Å². The molecule has 15 heavy (non-hydrogen) atoms. The van der Waals surface area contributed by atoms with Crippen molar-refractivity contribution in [1.29, 1.82) is 0 Å². The lowest BCUT2D eigenvalue weighted by molar-refractivity contribution is -0.404. The van der Waals surface area contributed by atoms with Crippen molar-refractivity contribution in [1.82, 2.24) is 10.2 Å². The predicted octanol–water partition coefficient (Wildman–Crippen LogP) is 0.00370. The molecule has 1 N–H and O–H groups in total. The zero-order valence-corrected chi connectivity index (χ0v) is 8.52. The van der Waals surface area contributed by atoms with Crippen LogP contribution in [0.25, 0.3) is 0 Å². The fraction of sp³-hybridized carbons (Fsp3) is 0.778. The van der Waals surface area contributed by atoms with E-state index in [2.05, 4.69) is 5.32 Å². The second kappa shape index (κ2) is 4.48. The van der Waals surface area contributed by atoms with Crippen LogP contribution >= 0.6 is 0 Å². The van der Waals surface area contributed by atoms with Gasteiger partial charge in [0.15, 0.2) is 5.82 Å². The minimum absolute atomic E-state index is 0.411. The Hall–Kier alpha value is -1.30. The first kappa shape index (κ1) is 10.2. The third kappa shape index (κ3) is 2.59. The van der Waals surface area contributed by atoms with E-state index in [-0.39, 0.29) is 0 Å². The lowest BCUT2D eigenvalue weighted by Gasteiger charge is -2.20. The Bertz CT molecular complexity index is 274. The van der Waals surface area contributed by atoms with Gasteiger partial charge in [-0.15, -0.1) is 0 Å². The van der Waals surface area contributed by atoms with Gasteiger partial charge in [-0.2, -0.15) is 0 Å². The van der Waals surface area contributed by atoms with Crippen LogP contribution in [0.3, 0.4) is 0 Å². The Morgan fingerprint density at radius 3 is 3.27 bits per heavy atom. The van der Waals surface area contributed by atoms with Crippen LogP contribution in [-0.4, -0.2) is 42.7 Å². The zero-order chi connectivity index (χ0) is 10.7. The smallest absolute Gasteiger partial charge is 0.274 e. The summed E-state index contributed by atoms with van der Waals surface area (Å²) >= 11 is 0. The highest BCUT2D eigenvalue weighted by atomic mass is 16.6. The van der Waals surface area contributed by atoms with Crippen LogP contribution in [0.2, 0.25) is 0 Å². The molecule has 2 aliphatic heterocycles. The molecule has 1 unspecified atom stereocenters. The molecule has 0 aromatic carbocycles. The third-order valence-corrected chi connectivity index (χ3v) is 2.76. The van der Waals surface area contributed by atoms with Crippen LogP contribution in [0.15, 0.2) is 12.0 Å². The maximum absolute atomic E-state index is 10.4. The van der Waals surface area contributed by atoms with Crippen LogP contribution in [0.5, 0.6) is 0 Å². The van der Waals surface area contributed by atoms with Gasteiger partial charge < -0.3 is 15.0 Å². The normalized spacial score (nSPS) is 28.4. The SMILES string of the molecule is O=[N+]([O-])/C=C1\NCCN1CC1CCOC1. The van der Waals surface area contributed by atoms with Crippen molar-refractivity contribution in [3.63, 3.8) is 0 Å². The third-order valence-electron chi connectivity index (χ3n) is 2.76. The van der Waals surface area contributed by atoms with Gasteiger partial charge in [-0.3, -0.25) is 10.1 Å². The van der Waals surface area contributed by atoms with Crippen LogP contribution < -0.4 is 5.32 Å². The lowest BCUT2D eigenvalue weighted by Crippen LogP contribution is -2.27. The molecule has 0 bridgehead atoms. The van der Waals surface area contributed by atoms with Crippen LogP contribution in [-0.2, 0) is 4.74 Å². The molecular weight excluding hydrogens is 198 g/mol. The van der Waals surface area contributed by atoms with E-state index in [1.165, 1.54) is 0 Å². The number of ether oxygens (including phenoxy) is 1. The molecule has 0 aromatic rings. The monoisotopic (exact) mass is 213 g/mol. The molecule has 0 radical (unpaired) electrons. The van der Waals surface area contributed by atoms with E-state index in [0.717, 1.165) is 45.5 Å². The molecule has 0 spiro atoms. The summed E-state index contributed by atoms with van der Waals surface area (Å²) in [7, 11) is 0. The molecule has 2 saturated heterocycles. The van der Waals surface area contributed by atoms with Gasteiger partial charge >= 0.3 is 0 Å². The largest absolute Gasteiger partial charge is 0.381 e. The van der Waals surface area contributed by atoms with Gasteiger partial charge in [0.1, 0.15) is 0 Å². The molecule has 0 amide bonds. The highest BCUT2D eigenvalue weighted by Gasteiger charge is 2.24. The van der Waals surface area contributed by atoms with Gasteiger partial charge in [0, 0.05) is 32.2 Å². The summed E-state index contributed by atoms with van der Waals surface area (Å²) in [6, 6.07) is 0. The molecule has 84 valence electrons. The summed E-state index contributed by atoms with van der Waals surface area (Å²) in [4.78, 5) is 12.0. The van der Waals surface area contributed by atoms with E-state index in [9.17, 15) is 10.1 Å². The molecule has 0 aromatic heterocycles. The van der Waals surface area contributed by atoms with Crippen molar-refractivity contribution in [2.45, 2.75) is 6.42 Å². The highest BCUT2D eigenvalue weighted by Crippen LogP contribution is 2.17. The van der Waals surface area contributed by atoms with E-state index in [0.29, 0.717) is 11.7 Å². The van der Waals surface area contributed by atoms with Gasteiger partial charge in [0.25, 0.3) is 6.20 Å². The molecule has 2 heterocycles. The van der Waals surface area contributed by atoms with Crippen molar-refractivity contribution in [3.8, 4) is 0 Å². The fourth-order valence-electron chi connectivity index (χ4n) is 2.01. The quantitative estimate of drug-likeness (QED) is 0.528. The molecule has 0 saturated carbocycles. The Morgan fingerprint density at radius 1 is 1.73 bits per heavy atom. The molecule has 2 aliphatic rings.